The van der Waals surface area contributed by atoms with Crippen molar-refractivity contribution < 1.29 is 0 Å². The van der Waals surface area contributed by atoms with Crippen LogP contribution in [0.3, 0.4) is 0 Å². The first-order valence-electron chi connectivity index (χ1n) is 2.56. The molecule has 5 heteroatoms. The van der Waals surface area contributed by atoms with Crippen LogP contribution >= 0.6 is 21.6 Å². The fourth-order valence-electron chi connectivity index (χ4n) is 0.214. The SMILES string of the molecule is NCCSSCCN.[SeH2]. The van der Waals surface area contributed by atoms with Crippen molar-refractivity contribution in [1.29, 1.82) is 0 Å². The summed E-state index contributed by atoms with van der Waals surface area (Å²) in [6.45, 7) is 1.53. The van der Waals surface area contributed by atoms with Crippen LogP contribution < -0.4 is 11.5 Å². The molecule has 0 bridgehead atoms. The topological polar surface area (TPSA) is 52.0 Å². The van der Waals surface area contributed by atoms with Gasteiger partial charge in [0.2, 0.25) is 0 Å². The number of rotatable bonds is 5. The van der Waals surface area contributed by atoms with Crippen LogP contribution in [0, 0.1) is 0 Å². The third-order valence-electron chi connectivity index (χ3n) is 0.486. The van der Waals surface area contributed by atoms with Crippen LogP contribution in [-0.2, 0) is 0 Å². The molecule has 0 atom stereocenters. The van der Waals surface area contributed by atoms with E-state index in [4.69, 9.17) is 11.5 Å². The van der Waals surface area contributed by atoms with Crippen LogP contribution in [0.15, 0.2) is 0 Å². The zero-order valence-corrected chi connectivity index (χ0v) is 9.03. The van der Waals surface area contributed by atoms with Gasteiger partial charge in [-0.2, -0.15) is 0 Å². The van der Waals surface area contributed by atoms with Gasteiger partial charge < -0.3 is 11.5 Å². The third-order valence-corrected chi connectivity index (χ3v) is 2.96. The van der Waals surface area contributed by atoms with Crippen LogP contribution in [0.2, 0.25) is 0 Å². The quantitative estimate of drug-likeness (QED) is 0.377. The average molecular weight is 233 g/mol. The van der Waals surface area contributed by atoms with Gasteiger partial charge >= 0.3 is 17.1 Å². The van der Waals surface area contributed by atoms with Crippen molar-refractivity contribution in [2.75, 3.05) is 24.6 Å². The van der Waals surface area contributed by atoms with E-state index >= 15 is 0 Å². The molecule has 0 spiro atoms. The van der Waals surface area contributed by atoms with Crippen LogP contribution in [0.1, 0.15) is 0 Å². The second-order valence-electron chi connectivity index (χ2n) is 1.22. The Morgan fingerprint density at radius 1 is 0.889 bits per heavy atom. The van der Waals surface area contributed by atoms with Crippen LogP contribution in [0.25, 0.3) is 0 Å². The van der Waals surface area contributed by atoms with E-state index in [0.717, 1.165) is 24.6 Å². The predicted octanol–water partition coefficient (Wildman–Crippen LogP) is -0.631. The molecule has 0 saturated carbocycles. The second kappa shape index (κ2) is 11.9. The van der Waals surface area contributed by atoms with Gasteiger partial charge in [-0.05, 0) is 0 Å². The average Bonchev–Trinajstić information content (AvgIpc) is 1.81. The molecule has 0 fully saturated rings. The molecule has 2 nitrogen and oxygen atoms in total. The molecule has 0 aliphatic carbocycles. The molecule has 0 unspecified atom stereocenters. The van der Waals surface area contributed by atoms with Gasteiger partial charge in [0, 0.05) is 24.6 Å². The molecule has 0 rings (SSSR count). The molecule has 0 aliphatic rings. The molecule has 0 amide bonds. The molecule has 0 aromatic heterocycles. The van der Waals surface area contributed by atoms with E-state index in [1.54, 1.807) is 21.6 Å². The van der Waals surface area contributed by atoms with Crippen molar-refractivity contribution in [3.8, 4) is 0 Å². The van der Waals surface area contributed by atoms with E-state index < -0.39 is 0 Å². The molecule has 58 valence electrons. The first kappa shape index (κ1) is 12.8. The summed E-state index contributed by atoms with van der Waals surface area (Å²) < 4.78 is 0. The number of hydrogen-bond acceptors (Lipinski definition) is 4. The first-order valence-corrected chi connectivity index (χ1v) is 5.05. The number of hydrogen-bond donors (Lipinski definition) is 2. The van der Waals surface area contributed by atoms with Crippen molar-refractivity contribution in [1.82, 2.24) is 0 Å². The molecule has 4 N–H and O–H groups in total. The van der Waals surface area contributed by atoms with Crippen molar-refractivity contribution >= 4 is 38.7 Å². The van der Waals surface area contributed by atoms with Crippen molar-refractivity contribution in [2.24, 2.45) is 11.5 Å². The normalized spacial score (nSPS) is 8.67. The summed E-state index contributed by atoms with van der Waals surface area (Å²) >= 11 is 0. The summed E-state index contributed by atoms with van der Waals surface area (Å²) in [5.41, 5.74) is 10.5. The summed E-state index contributed by atoms with van der Waals surface area (Å²) in [4.78, 5) is 0. The Morgan fingerprint density at radius 3 is 1.44 bits per heavy atom. The second-order valence-corrected chi connectivity index (χ2v) is 3.92. The summed E-state index contributed by atoms with van der Waals surface area (Å²) in [5, 5.41) is 0. The van der Waals surface area contributed by atoms with Crippen molar-refractivity contribution in [3.05, 3.63) is 0 Å². The zero-order chi connectivity index (χ0) is 6.24. The van der Waals surface area contributed by atoms with Gasteiger partial charge in [-0.1, -0.05) is 21.6 Å². The minimum absolute atomic E-state index is 0. The van der Waals surface area contributed by atoms with E-state index in [-0.39, 0.29) is 17.1 Å². The van der Waals surface area contributed by atoms with E-state index in [1.807, 2.05) is 0 Å². The molecule has 0 aliphatic heterocycles. The molecule has 9 heavy (non-hydrogen) atoms. The summed E-state index contributed by atoms with van der Waals surface area (Å²) in [5.74, 6) is 2.06. The summed E-state index contributed by atoms with van der Waals surface area (Å²) in [6.07, 6.45) is 0. The summed E-state index contributed by atoms with van der Waals surface area (Å²) in [6, 6.07) is 0. The van der Waals surface area contributed by atoms with Gasteiger partial charge in [-0.15, -0.1) is 0 Å². The van der Waals surface area contributed by atoms with Crippen LogP contribution in [0.4, 0.5) is 0 Å². The van der Waals surface area contributed by atoms with Gasteiger partial charge in [0.15, 0.2) is 0 Å². The molecule has 0 aromatic rings. The van der Waals surface area contributed by atoms with E-state index in [1.165, 1.54) is 0 Å². The van der Waals surface area contributed by atoms with Gasteiger partial charge in [-0.3, -0.25) is 0 Å². The van der Waals surface area contributed by atoms with Gasteiger partial charge in [0.25, 0.3) is 0 Å². The fourth-order valence-corrected chi connectivity index (χ4v) is 1.93. The molecule has 0 heterocycles. The van der Waals surface area contributed by atoms with Crippen molar-refractivity contribution in [2.45, 2.75) is 0 Å². The maximum absolute atomic E-state index is 5.25. The zero-order valence-electron chi connectivity index (χ0n) is 5.30. The van der Waals surface area contributed by atoms with E-state index in [2.05, 4.69) is 0 Å². The van der Waals surface area contributed by atoms with E-state index in [0.29, 0.717) is 0 Å². The van der Waals surface area contributed by atoms with Crippen LogP contribution in [-0.4, -0.2) is 41.7 Å². The van der Waals surface area contributed by atoms with Gasteiger partial charge in [0.05, 0.1) is 0 Å². The van der Waals surface area contributed by atoms with Crippen molar-refractivity contribution in [3.63, 3.8) is 0 Å². The maximum atomic E-state index is 5.25. The number of nitrogens with two attached hydrogens (primary N) is 2. The Morgan fingerprint density at radius 2 is 1.22 bits per heavy atom. The Hall–Kier alpha value is 1.14. The molecular formula is C4H14N2S2Se. The Balaban J connectivity index is 0. The monoisotopic (exact) mass is 234 g/mol. The van der Waals surface area contributed by atoms with Gasteiger partial charge in [0.1, 0.15) is 0 Å². The molecule has 0 radical (unpaired) electrons. The Bertz CT molecular complexity index is 41.5. The van der Waals surface area contributed by atoms with E-state index in [9.17, 15) is 0 Å². The standard InChI is InChI=1S/C4H12N2S2.H2Se/c5-1-3-7-8-4-2-6;/h1-6H2;1H2. The Labute approximate surface area is 74.8 Å². The minimum atomic E-state index is 0. The third kappa shape index (κ3) is 12.4. The fraction of sp³-hybridized carbons (Fsp3) is 1.00. The summed E-state index contributed by atoms with van der Waals surface area (Å²) in [7, 11) is 3.58. The van der Waals surface area contributed by atoms with Crippen LogP contribution in [0.5, 0.6) is 0 Å². The first-order chi connectivity index (χ1) is 3.91. The molecule has 0 saturated heterocycles. The van der Waals surface area contributed by atoms with Gasteiger partial charge in [-0.25, -0.2) is 0 Å². The Kier molecular flexibility index (Phi) is 16.9. The molecule has 0 aromatic carbocycles. The molecular weight excluding hydrogens is 219 g/mol. The predicted molar refractivity (Wildman–Crippen MR) is 51.6 cm³/mol.